The van der Waals surface area contributed by atoms with E-state index in [1.54, 1.807) is 9.80 Å². The zero-order valence-corrected chi connectivity index (χ0v) is 13.8. The van der Waals surface area contributed by atoms with Gasteiger partial charge in [0.05, 0.1) is 5.69 Å². The van der Waals surface area contributed by atoms with Gasteiger partial charge < -0.3 is 0 Å². The summed E-state index contributed by atoms with van der Waals surface area (Å²) in [5.41, 5.74) is 1.92. The maximum absolute atomic E-state index is 12.8. The van der Waals surface area contributed by atoms with Crippen molar-refractivity contribution in [2.24, 2.45) is 0 Å². The molecule has 23 heavy (non-hydrogen) atoms. The number of carbonyl (C=O) groups is 1. The minimum Gasteiger partial charge on any atom is -0.298 e. The van der Waals surface area contributed by atoms with Crippen LogP contribution in [0.5, 0.6) is 0 Å². The van der Waals surface area contributed by atoms with Crippen molar-refractivity contribution in [1.82, 2.24) is 9.88 Å². The Bertz CT molecular complexity index is 722. The van der Waals surface area contributed by atoms with Gasteiger partial charge in [0.25, 0.3) is 5.91 Å². The van der Waals surface area contributed by atoms with E-state index in [1.807, 2.05) is 42.6 Å². The molecule has 1 fully saturated rings. The number of aromatic nitrogens is 1. The zero-order chi connectivity index (χ0) is 16.2. The third-order valence-electron chi connectivity index (χ3n) is 4.04. The molecule has 2 aromatic rings. The topological polar surface area (TPSA) is 60.2 Å². The van der Waals surface area contributed by atoms with Crippen LogP contribution in [0.1, 0.15) is 19.8 Å². The van der Waals surface area contributed by atoms with Gasteiger partial charge in [0.1, 0.15) is 6.04 Å². The summed E-state index contributed by atoms with van der Waals surface area (Å²) in [6, 6.07) is 9.58. The number of benzene rings is 1. The second-order valence-corrected chi connectivity index (χ2v) is 6.25. The molecule has 1 saturated heterocycles. The first-order valence-electron chi connectivity index (χ1n) is 7.73. The van der Waals surface area contributed by atoms with Crippen molar-refractivity contribution in [3.05, 3.63) is 35.7 Å². The lowest BCUT2D eigenvalue weighted by Crippen LogP contribution is -2.44. The number of likely N-dealkylation sites (tertiary alicyclic amines) is 1. The minimum absolute atomic E-state index is 0.0273. The molecule has 1 amide bonds. The van der Waals surface area contributed by atoms with E-state index < -0.39 is 0 Å². The van der Waals surface area contributed by atoms with Crippen LogP contribution in [0.3, 0.4) is 0 Å². The molecule has 5 nitrogen and oxygen atoms in total. The Hall–Kier alpha value is -2.39. The number of likely N-dealkylation sites (N-methyl/N-ethyl adjacent to an activating group) is 1. The number of thiazole rings is 1. The molecule has 1 aromatic carbocycles. The third-order valence-corrected chi connectivity index (χ3v) is 4.90. The van der Waals surface area contributed by atoms with Gasteiger partial charge in [-0.05, 0) is 19.8 Å². The van der Waals surface area contributed by atoms with Crippen LogP contribution in [-0.4, -0.2) is 34.9 Å². The van der Waals surface area contributed by atoms with Gasteiger partial charge in [0, 0.05) is 24.0 Å². The first-order chi connectivity index (χ1) is 11.2. The number of hydrogen-bond acceptors (Lipinski definition) is 5. The summed E-state index contributed by atoms with van der Waals surface area (Å²) in [4.78, 5) is 20.7. The Labute approximate surface area is 139 Å². The van der Waals surface area contributed by atoms with Gasteiger partial charge in [-0.2, -0.15) is 5.26 Å². The second kappa shape index (κ2) is 6.80. The largest absolute Gasteiger partial charge is 0.298 e. The highest BCUT2D eigenvalue weighted by Gasteiger charge is 2.34. The normalized spacial score (nSPS) is 17.0. The number of nitriles is 1. The van der Waals surface area contributed by atoms with E-state index in [9.17, 15) is 4.79 Å². The molecule has 0 bridgehead atoms. The lowest BCUT2D eigenvalue weighted by molar-refractivity contribution is -0.121. The molecule has 1 aliphatic heterocycles. The molecule has 0 aliphatic carbocycles. The number of carbonyl (C=O) groups excluding carboxylic acids is 1. The fraction of sp³-hybridized carbons (Fsp3) is 0.353. The molecule has 1 aliphatic rings. The highest BCUT2D eigenvalue weighted by Crippen LogP contribution is 2.29. The van der Waals surface area contributed by atoms with E-state index in [0.29, 0.717) is 18.2 Å². The monoisotopic (exact) mass is 326 g/mol. The summed E-state index contributed by atoms with van der Waals surface area (Å²) in [6.07, 6.45) is 3.74. The van der Waals surface area contributed by atoms with E-state index >= 15 is 0 Å². The third kappa shape index (κ3) is 3.06. The maximum Gasteiger partial charge on any atom is 0.252 e. The van der Waals surface area contributed by atoms with Crippen LogP contribution >= 0.6 is 11.3 Å². The minimum atomic E-state index is -0.343. The summed E-state index contributed by atoms with van der Waals surface area (Å²) in [5.74, 6) is -0.0273. The van der Waals surface area contributed by atoms with Crippen molar-refractivity contribution in [3.8, 4) is 17.5 Å². The van der Waals surface area contributed by atoms with Gasteiger partial charge in [-0.3, -0.25) is 14.6 Å². The van der Waals surface area contributed by atoms with Gasteiger partial charge >= 0.3 is 0 Å². The fourth-order valence-electron chi connectivity index (χ4n) is 2.84. The summed E-state index contributed by atoms with van der Waals surface area (Å²) in [6.45, 7) is 3.15. The molecular formula is C17H18N4OS. The van der Waals surface area contributed by atoms with Crippen LogP contribution in [0.25, 0.3) is 11.3 Å². The van der Waals surface area contributed by atoms with E-state index in [0.717, 1.165) is 24.1 Å². The van der Waals surface area contributed by atoms with Gasteiger partial charge in [-0.1, -0.05) is 30.3 Å². The average Bonchev–Trinajstić information content (AvgIpc) is 3.25. The van der Waals surface area contributed by atoms with Crippen LogP contribution in [0.2, 0.25) is 0 Å². The van der Waals surface area contributed by atoms with Crippen LogP contribution in [0.4, 0.5) is 5.13 Å². The number of nitrogens with zero attached hydrogens (tertiary/aromatic N) is 4. The maximum atomic E-state index is 12.8. The molecule has 118 valence electrons. The Morgan fingerprint density at radius 2 is 2.26 bits per heavy atom. The van der Waals surface area contributed by atoms with Crippen LogP contribution < -0.4 is 4.90 Å². The smallest absolute Gasteiger partial charge is 0.252 e. The van der Waals surface area contributed by atoms with Crippen molar-refractivity contribution in [2.75, 3.05) is 18.0 Å². The van der Waals surface area contributed by atoms with Crippen molar-refractivity contribution >= 4 is 22.4 Å². The number of amides is 1. The van der Waals surface area contributed by atoms with E-state index in [2.05, 4.69) is 11.2 Å². The first kappa shape index (κ1) is 15.5. The van der Waals surface area contributed by atoms with Crippen molar-refractivity contribution < 1.29 is 4.79 Å². The Kier molecular flexibility index (Phi) is 4.58. The fourth-order valence-corrected chi connectivity index (χ4v) is 3.74. The molecule has 1 aromatic heterocycles. The van der Waals surface area contributed by atoms with Gasteiger partial charge in [0.2, 0.25) is 0 Å². The predicted molar refractivity (Wildman–Crippen MR) is 90.9 cm³/mol. The standard InChI is InChI=1S/C17H18N4OS/c1-2-21(16(22)15-9-6-10-20(15)12-18)17-19-14(11-23-17)13-7-4-3-5-8-13/h3-5,7-8,11,15H,2,6,9-10H2,1H3/t15-/m0/s1. The molecule has 0 spiro atoms. The van der Waals surface area contributed by atoms with Gasteiger partial charge in [0.15, 0.2) is 11.3 Å². The molecule has 3 rings (SSSR count). The molecule has 0 radical (unpaired) electrons. The first-order valence-corrected chi connectivity index (χ1v) is 8.61. The summed E-state index contributed by atoms with van der Waals surface area (Å²) < 4.78 is 0. The van der Waals surface area contributed by atoms with Crippen LogP contribution in [0, 0.1) is 11.5 Å². The zero-order valence-electron chi connectivity index (χ0n) is 13.0. The van der Waals surface area contributed by atoms with E-state index in [1.165, 1.54) is 11.3 Å². The Balaban J connectivity index is 1.83. The van der Waals surface area contributed by atoms with E-state index in [4.69, 9.17) is 5.26 Å². The molecule has 0 N–H and O–H groups in total. The van der Waals surface area contributed by atoms with Crippen LogP contribution in [0.15, 0.2) is 35.7 Å². The SMILES string of the molecule is CCN(C(=O)[C@@H]1CCCN1C#N)c1nc(-c2ccccc2)cs1. The summed E-state index contributed by atoms with van der Waals surface area (Å²) >= 11 is 1.47. The van der Waals surface area contributed by atoms with Crippen molar-refractivity contribution in [2.45, 2.75) is 25.8 Å². The van der Waals surface area contributed by atoms with Gasteiger partial charge in [-0.15, -0.1) is 11.3 Å². The molecule has 0 saturated carbocycles. The quantitative estimate of drug-likeness (QED) is 0.810. The molecule has 6 heteroatoms. The summed E-state index contributed by atoms with van der Waals surface area (Å²) in [5, 5.41) is 11.8. The number of rotatable bonds is 4. The van der Waals surface area contributed by atoms with Crippen molar-refractivity contribution in [3.63, 3.8) is 0 Å². The highest BCUT2D eigenvalue weighted by molar-refractivity contribution is 7.14. The Morgan fingerprint density at radius 1 is 1.48 bits per heavy atom. The summed E-state index contributed by atoms with van der Waals surface area (Å²) in [7, 11) is 0. The molecular weight excluding hydrogens is 308 g/mol. The van der Waals surface area contributed by atoms with Gasteiger partial charge in [-0.25, -0.2) is 4.98 Å². The molecule has 2 heterocycles. The lowest BCUT2D eigenvalue weighted by atomic mass is 10.2. The number of hydrogen-bond donors (Lipinski definition) is 0. The Morgan fingerprint density at radius 3 is 2.96 bits per heavy atom. The second-order valence-electron chi connectivity index (χ2n) is 5.42. The lowest BCUT2D eigenvalue weighted by Gasteiger charge is -2.24. The molecule has 1 atom stereocenters. The van der Waals surface area contributed by atoms with E-state index in [-0.39, 0.29) is 11.9 Å². The molecule has 0 unspecified atom stereocenters. The van der Waals surface area contributed by atoms with Crippen molar-refractivity contribution in [1.29, 1.82) is 5.26 Å². The average molecular weight is 326 g/mol. The predicted octanol–water partition coefficient (Wildman–Crippen LogP) is 3.11. The van der Waals surface area contributed by atoms with Crippen LogP contribution in [-0.2, 0) is 4.79 Å². The highest BCUT2D eigenvalue weighted by atomic mass is 32.1. The number of anilines is 1.